The molecule has 0 aromatic carbocycles. The van der Waals surface area contributed by atoms with Crippen LogP contribution in [0.15, 0.2) is 24.5 Å². The summed E-state index contributed by atoms with van der Waals surface area (Å²) in [6, 6.07) is 3.32. The van der Waals surface area contributed by atoms with Gasteiger partial charge in [0.05, 0.1) is 11.5 Å². The fourth-order valence-corrected chi connectivity index (χ4v) is 2.25. The Hall–Kier alpha value is -2.41. The molecule has 1 N–H and O–H groups in total. The van der Waals surface area contributed by atoms with E-state index in [1.807, 2.05) is 13.8 Å². The predicted molar refractivity (Wildman–Crippen MR) is 92.5 cm³/mol. The summed E-state index contributed by atoms with van der Waals surface area (Å²) in [6.07, 6.45) is 3.15. The molecule has 8 heteroatoms. The molecule has 0 aliphatic carbocycles. The number of halogens is 1. The number of nitro groups is 1. The van der Waals surface area contributed by atoms with E-state index in [4.69, 9.17) is 16.3 Å². The van der Waals surface area contributed by atoms with Crippen molar-refractivity contribution in [2.45, 2.75) is 27.3 Å². The zero-order valence-corrected chi connectivity index (χ0v) is 14.5. The minimum Gasteiger partial charge on any atom is -0.476 e. The zero-order valence-electron chi connectivity index (χ0n) is 13.7. The number of anilines is 1. The smallest absolute Gasteiger partial charge is 0.314 e. The Labute approximate surface area is 145 Å². The molecule has 0 amide bonds. The molecule has 0 fully saturated rings. The van der Waals surface area contributed by atoms with Crippen LogP contribution in [0.5, 0.6) is 5.88 Å². The highest BCUT2D eigenvalue weighted by molar-refractivity contribution is 6.31. The van der Waals surface area contributed by atoms with Gasteiger partial charge in [0, 0.05) is 24.5 Å². The Morgan fingerprint density at radius 1 is 1.42 bits per heavy atom. The summed E-state index contributed by atoms with van der Waals surface area (Å²) in [5, 5.41) is 14.5. The van der Waals surface area contributed by atoms with Gasteiger partial charge < -0.3 is 10.1 Å². The fraction of sp³-hybridized carbons (Fsp3) is 0.375. The van der Waals surface area contributed by atoms with Gasteiger partial charge in [0.15, 0.2) is 0 Å². The highest BCUT2D eigenvalue weighted by atomic mass is 35.5. The second kappa shape index (κ2) is 7.92. The molecule has 24 heavy (non-hydrogen) atoms. The van der Waals surface area contributed by atoms with E-state index in [1.165, 1.54) is 6.20 Å². The Bertz CT molecular complexity index is 737. The van der Waals surface area contributed by atoms with Crippen LogP contribution in [0.1, 0.15) is 25.0 Å². The van der Waals surface area contributed by atoms with Gasteiger partial charge in [-0.25, -0.2) is 9.97 Å². The number of hydrogen-bond acceptors (Lipinski definition) is 6. The van der Waals surface area contributed by atoms with Crippen LogP contribution >= 0.6 is 11.6 Å². The third-order valence-electron chi connectivity index (χ3n) is 3.19. The Kier molecular flexibility index (Phi) is 5.92. The van der Waals surface area contributed by atoms with Gasteiger partial charge in [-0.15, -0.1) is 0 Å². The highest BCUT2D eigenvalue weighted by Crippen LogP contribution is 2.27. The first-order chi connectivity index (χ1) is 11.4. The maximum atomic E-state index is 11.2. The van der Waals surface area contributed by atoms with E-state index in [2.05, 4.69) is 15.3 Å². The lowest BCUT2D eigenvalue weighted by atomic mass is 10.2. The molecular formula is C16H19ClN4O3. The zero-order chi connectivity index (χ0) is 17.7. The van der Waals surface area contributed by atoms with Gasteiger partial charge in [0.25, 0.3) is 0 Å². The third-order valence-corrected chi connectivity index (χ3v) is 3.46. The first kappa shape index (κ1) is 17.9. The van der Waals surface area contributed by atoms with Crippen molar-refractivity contribution in [3.63, 3.8) is 0 Å². The van der Waals surface area contributed by atoms with E-state index in [0.29, 0.717) is 35.5 Å². The van der Waals surface area contributed by atoms with Crippen molar-refractivity contribution in [1.29, 1.82) is 0 Å². The van der Waals surface area contributed by atoms with Gasteiger partial charge in [-0.1, -0.05) is 25.4 Å². The van der Waals surface area contributed by atoms with Crippen LogP contribution in [0.4, 0.5) is 11.5 Å². The van der Waals surface area contributed by atoms with Crippen molar-refractivity contribution in [2.24, 2.45) is 5.92 Å². The van der Waals surface area contributed by atoms with Gasteiger partial charge in [0.2, 0.25) is 11.7 Å². The van der Waals surface area contributed by atoms with Crippen LogP contribution in [0.3, 0.4) is 0 Å². The SMILES string of the molecule is Cc1ccnc(NCc2cnc(OCC(C)C)c(Cl)c2)c1[N+](=O)[O-]. The van der Waals surface area contributed by atoms with Crippen molar-refractivity contribution in [2.75, 3.05) is 11.9 Å². The van der Waals surface area contributed by atoms with Crippen LogP contribution in [0.2, 0.25) is 5.02 Å². The average Bonchev–Trinajstić information content (AvgIpc) is 2.51. The van der Waals surface area contributed by atoms with E-state index in [9.17, 15) is 10.1 Å². The van der Waals surface area contributed by atoms with Gasteiger partial charge in [-0.05, 0) is 30.5 Å². The number of nitrogens with zero attached hydrogens (tertiary/aromatic N) is 3. The lowest BCUT2D eigenvalue weighted by Gasteiger charge is -2.11. The number of hydrogen-bond donors (Lipinski definition) is 1. The molecule has 0 saturated heterocycles. The van der Waals surface area contributed by atoms with Gasteiger partial charge >= 0.3 is 5.69 Å². The maximum Gasteiger partial charge on any atom is 0.314 e. The van der Waals surface area contributed by atoms with Crippen LogP contribution in [-0.2, 0) is 6.54 Å². The van der Waals surface area contributed by atoms with Crippen molar-refractivity contribution in [1.82, 2.24) is 9.97 Å². The molecule has 0 spiro atoms. The standard InChI is InChI=1S/C16H19ClN4O3/c1-10(2)9-24-16-13(17)6-12(8-20-16)7-19-15-14(21(22)23)11(3)4-5-18-15/h4-6,8,10H,7,9H2,1-3H3,(H,18,19). The molecule has 0 atom stereocenters. The number of rotatable bonds is 7. The molecule has 2 aromatic heterocycles. The summed E-state index contributed by atoms with van der Waals surface area (Å²) in [5.74, 6) is 0.974. The number of ether oxygens (including phenoxy) is 1. The number of pyridine rings is 2. The second-order valence-electron chi connectivity index (χ2n) is 5.77. The summed E-state index contributed by atoms with van der Waals surface area (Å²) in [7, 11) is 0. The molecule has 2 rings (SSSR count). The summed E-state index contributed by atoms with van der Waals surface area (Å²) < 4.78 is 5.52. The van der Waals surface area contributed by atoms with E-state index < -0.39 is 4.92 Å². The van der Waals surface area contributed by atoms with E-state index in [-0.39, 0.29) is 11.5 Å². The minimum atomic E-state index is -0.446. The number of aromatic nitrogens is 2. The quantitative estimate of drug-likeness (QED) is 0.599. The highest BCUT2D eigenvalue weighted by Gasteiger charge is 2.18. The van der Waals surface area contributed by atoms with Crippen molar-refractivity contribution < 1.29 is 9.66 Å². The Morgan fingerprint density at radius 3 is 2.79 bits per heavy atom. The summed E-state index contributed by atoms with van der Waals surface area (Å²) in [4.78, 5) is 18.9. The molecule has 0 bridgehead atoms. The molecule has 0 aliphatic rings. The molecule has 7 nitrogen and oxygen atoms in total. The van der Waals surface area contributed by atoms with Gasteiger partial charge in [0.1, 0.15) is 5.02 Å². The molecule has 0 aliphatic heterocycles. The van der Waals surface area contributed by atoms with Gasteiger partial charge in [-0.2, -0.15) is 0 Å². The van der Waals surface area contributed by atoms with Crippen LogP contribution in [0, 0.1) is 23.0 Å². The molecular weight excluding hydrogens is 332 g/mol. The summed E-state index contributed by atoms with van der Waals surface area (Å²) in [5.41, 5.74) is 1.29. The van der Waals surface area contributed by atoms with Crippen molar-refractivity contribution in [3.05, 3.63) is 50.8 Å². The summed E-state index contributed by atoms with van der Waals surface area (Å²) in [6.45, 7) is 6.59. The predicted octanol–water partition coefficient (Wildman–Crippen LogP) is 3.99. The van der Waals surface area contributed by atoms with Crippen molar-refractivity contribution in [3.8, 4) is 5.88 Å². The Balaban J connectivity index is 2.09. The van der Waals surface area contributed by atoms with E-state index in [0.717, 1.165) is 5.56 Å². The molecule has 128 valence electrons. The number of nitrogens with one attached hydrogen (secondary N) is 1. The lowest BCUT2D eigenvalue weighted by Crippen LogP contribution is -2.08. The van der Waals surface area contributed by atoms with Crippen LogP contribution in [0.25, 0.3) is 0 Å². The monoisotopic (exact) mass is 350 g/mol. The average molecular weight is 351 g/mol. The molecule has 0 radical (unpaired) electrons. The van der Waals surface area contributed by atoms with Gasteiger partial charge in [-0.3, -0.25) is 10.1 Å². The number of aryl methyl sites for hydroxylation is 1. The molecule has 2 heterocycles. The Morgan fingerprint density at radius 2 is 2.17 bits per heavy atom. The maximum absolute atomic E-state index is 11.2. The van der Waals surface area contributed by atoms with Crippen LogP contribution < -0.4 is 10.1 Å². The second-order valence-corrected chi connectivity index (χ2v) is 6.18. The fourth-order valence-electron chi connectivity index (χ4n) is 2.01. The van der Waals surface area contributed by atoms with E-state index in [1.54, 1.807) is 25.3 Å². The first-order valence-corrected chi connectivity index (χ1v) is 7.87. The molecule has 0 unspecified atom stereocenters. The minimum absolute atomic E-state index is 0.0338. The molecule has 0 saturated carbocycles. The summed E-state index contributed by atoms with van der Waals surface area (Å²) >= 11 is 6.16. The lowest BCUT2D eigenvalue weighted by molar-refractivity contribution is -0.384. The van der Waals surface area contributed by atoms with E-state index >= 15 is 0 Å². The van der Waals surface area contributed by atoms with Crippen molar-refractivity contribution >= 4 is 23.1 Å². The van der Waals surface area contributed by atoms with Crippen LogP contribution in [-0.4, -0.2) is 21.5 Å². The topological polar surface area (TPSA) is 90.2 Å². The largest absolute Gasteiger partial charge is 0.476 e. The third kappa shape index (κ3) is 4.55. The first-order valence-electron chi connectivity index (χ1n) is 7.49. The molecule has 2 aromatic rings. The normalized spacial score (nSPS) is 10.7.